The summed E-state index contributed by atoms with van der Waals surface area (Å²) >= 11 is 0. The third-order valence-electron chi connectivity index (χ3n) is 6.97. The van der Waals surface area contributed by atoms with E-state index in [-0.39, 0.29) is 36.8 Å². The van der Waals surface area contributed by atoms with E-state index < -0.39 is 0 Å². The molecule has 0 aromatic rings. The maximum atomic E-state index is 6.19. The van der Waals surface area contributed by atoms with Gasteiger partial charge in [-0.3, -0.25) is 0 Å². The molecule has 4 nitrogen and oxygen atoms in total. The highest BCUT2D eigenvalue weighted by Crippen LogP contribution is 2.74. The average molecular weight is 292 g/mol. The summed E-state index contributed by atoms with van der Waals surface area (Å²) in [4.78, 5) is 0. The minimum atomic E-state index is -0.112. The predicted octanol–water partition coefficient (Wildman–Crippen LogP) is 2.64. The third-order valence-corrected chi connectivity index (χ3v) is 6.97. The van der Waals surface area contributed by atoms with Gasteiger partial charge in [0.15, 0.2) is 0 Å². The quantitative estimate of drug-likeness (QED) is 0.733. The fourth-order valence-electron chi connectivity index (χ4n) is 5.56. The van der Waals surface area contributed by atoms with Crippen LogP contribution in [0.15, 0.2) is 0 Å². The Balaban J connectivity index is 1.57. The molecule has 4 atom stereocenters. The zero-order valence-corrected chi connectivity index (χ0v) is 13.7. The lowest BCUT2D eigenvalue weighted by Crippen LogP contribution is -2.71. The first kappa shape index (κ1) is 14.6. The average Bonchev–Trinajstić information content (AvgIpc) is 2.73. The lowest BCUT2D eigenvalue weighted by atomic mass is 9.32. The first-order valence-electron chi connectivity index (χ1n) is 8.44. The minimum Gasteiger partial charge on any atom is -0.411 e. The van der Waals surface area contributed by atoms with Crippen molar-refractivity contribution < 1.29 is 18.6 Å². The molecule has 0 radical (unpaired) electrons. The van der Waals surface area contributed by atoms with Crippen LogP contribution in [0.3, 0.4) is 0 Å². The minimum absolute atomic E-state index is 0.0249. The number of rotatable bonds is 2. The van der Waals surface area contributed by atoms with E-state index in [4.69, 9.17) is 18.6 Å². The molecular weight excluding hydrogens is 266 g/mol. The summed E-state index contributed by atoms with van der Waals surface area (Å²) in [6.45, 7) is 10.7. The molecule has 0 amide bonds. The van der Waals surface area contributed by atoms with Crippen LogP contribution in [0.1, 0.15) is 40.0 Å². The fourth-order valence-corrected chi connectivity index (χ4v) is 5.56. The molecule has 3 saturated carbocycles. The molecule has 2 heterocycles. The van der Waals surface area contributed by atoms with Crippen LogP contribution in [0.4, 0.5) is 0 Å². The zero-order chi connectivity index (χ0) is 14.9. The van der Waals surface area contributed by atoms with E-state index in [1.807, 2.05) is 6.82 Å². The van der Waals surface area contributed by atoms with Crippen molar-refractivity contribution >= 4 is 14.2 Å². The molecule has 5 fully saturated rings. The van der Waals surface area contributed by atoms with Gasteiger partial charge in [0.1, 0.15) is 0 Å². The molecule has 116 valence electrons. The molecule has 3 aliphatic carbocycles. The van der Waals surface area contributed by atoms with E-state index in [0.29, 0.717) is 5.92 Å². The molecule has 0 N–H and O–H groups in total. The monoisotopic (exact) mass is 292 g/mol. The number of hydrogen-bond donors (Lipinski definition) is 0. The van der Waals surface area contributed by atoms with Crippen LogP contribution in [0.2, 0.25) is 13.1 Å². The smallest absolute Gasteiger partial charge is 0.411 e. The molecule has 6 heteroatoms. The Kier molecular flexibility index (Phi) is 3.12. The second-order valence-corrected chi connectivity index (χ2v) is 8.19. The van der Waals surface area contributed by atoms with Gasteiger partial charge in [0.25, 0.3) is 0 Å². The molecule has 2 saturated heterocycles. The van der Waals surface area contributed by atoms with Crippen LogP contribution >= 0.6 is 0 Å². The van der Waals surface area contributed by atoms with Gasteiger partial charge in [0, 0.05) is 13.2 Å². The van der Waals surface area contributed by atoms with Crippen LogP contribution in [0, 0.1) is 16.7 Å². The van der Waals surface area contributed by atoms with Gasteiger partial charge in [0.2, 0.25) is 0 Å². The van der Waals surface area contributed by atoms with Crippen LogP contribution in [0.5, 0.6) is 0 Å². The van der Waals surface area contributed by atoms with Crippen molar-refractivity contribution in [2.45, 2.75) is 64.9 Å². The first-order valence-corrected chi connectivity index (χ1v) is 8.44. The fraction of sp³-hybridized carbons (Fsp3) is 1.00. The van der Waals surface area contributed by atoms with Crippen molar-refractivity contribution in [3.05, 3.63) is 0 Å². The maximum absolute atomic E-state index is 6.19. The lowest BCUT2D eigenvalue weighted by Gasteiger charge is -2.72. The van der Waals surface area contributed by atoms with Crippen LogP contribution in [0.25, 0.3) is 0 Å². The van der Waals surface area contributed by atoms with Crippen molar-refractivity contribution in [1.29, 1.82) is 0 Å². The Hall–Kier alpha value is -0.0301. The topological polar surface area (TPSA) is 36.9 Å². The van der Waals surface area contributed by atoms with E-state index in [2.05, 4.69) is 20.8 Å². The summed E-state index contributed by atoms with van der Waals surface area (Å²) in [5, 5.41) is 0. The normalized spacial score (nSPS) is 48.0. The summed E-state index contributed by atoms with van der Waals surface area (Å²) in [7, 11) is -0.0996. The van der Waals surface area contributed by atoms with Crippen molar-refractivity contribution in [2.24, 2.45) is 16.7 Å². The van der Waals surface area contributed by atoms with E-state index in [1.54, 1.807) is 0 Å². The first-order chi connectivity index (χ1) is 9.87. The molecule has 0 aromatic carbocycles. The third kappa shape index (κ3) is 1.85. The molecule has 0 spiro atoms. The lowest BCUT2D eigenvalue weighted by molar-refractivity contribution is -0.251. The molecule has 0 aromatic heterocycles. The molecule has 2 bridgehead atoms. The van der Waals surface area contributed by atoms with Gasteiger partial charge in [-0.15, -0.1) is 0 Å². The molecule has 5 aliphatic rings. The summed E-state index contributed by atoms with van der Waals surface area (Å²) in [5.41, 5.74) is 0.423. The Bertz CT molecular complexity index is 439. The van der Waals surface area contributed by atoms with Gasteiger partial charge in [0.05, 0.1) is 11.7 Å². The van der Waals surface area contributed by atoms with Gasteiger partial charge in [-0.1, -0.05) is 13.8 Å². The van der Waals surface area contributed by atoms with Crippen LogP contribution < -0.4 is 0 Å². The molecule has 4 unspecified atom stereocenters. The second-order valence-electron chi connectivity index (χ2n) is 8.19. The summed E-state index contributed by atoms with van der Waals surface area (Å²) in [5.74, 6) is 0.567. The van der Waals surface area contributed by atoms with Crippen molar-refractivity contribution in [1.82, 2.24) is 0 Å². The summed E-state index contributed by atoms with van der Waals surface area (Å²) < 4.78 is 23.9. The van der Waals surface area contributed by atoms with Crippen LogP contribution in [-0.4, -0.2) is 39.2 Å². The van der Waals surface area contributed by atoms with Gasteiger partial charge >= 0.3 is 14.2 Å². The van der Waals surface area contributed by atoms with E-state index in [0.717, 1.165) is 32.4 Å². The second kappa shape index (κ2) is 4.50. The standard InChI is InChI=1S/C15H26B2O4/c1-13(2)11-8-15(13,10-17-18-6-5-7-19-17)9-12-14(11,3)21-16(4)20-12/h11-12H,5-10H2,1-4H3. The summed E-state index contributed by atoms with van der Waals surface area (Å²) in [6.07, 6.45) is 4.53. The van der Waals surface area contributed by atoms with Gasteiger partial charge in [-0.05, 0) is 56.1 Å². The Morgan fingerprint density at radius 2 is 1.81 bits per heavy atom. The zero-order valence-electron chi connectivity index (χ0n) is 13.7. The maximum Gasteiger partial charge on any atom is 0.457 e. The van der Waals surface area contributed by atoms with Crippen molar-refractivity contribution in [2.75, 3.05) is 13.2 Å². The highest BCUT2D eigenvalue weighted by Gasteiger charge is 2.74. The van der Waals surface area contributed by atoms with E-state index in [9.17, 15) is 0 Å². The Labute approximate surface area is 128 Å². The SMILES string of the molecule is CB1OC2CC3(CB4OCCCO4)CC(C2(C)O1)C3(C)C. The van der Waals surface area contributed by atoms with Gasteiger partial charge in [-0.25, -0.2) is 0 Å². The molecule has 21 heavy (non-hydrogen) atoms. The van der Waals surface area contributed by atoms with Gasteiger partial charge < -0.3 is 18.6 Å². The predicted molar refractivity (Wildman–Crippen MR) is 82.0 cm³/mol. The molecule has 5 rings (SSSR count). The number of hydrogen-bond acceptors (Lipinski definition) is 4. The van der Waals surface area contributed by atoms with Crippen molar-refractivity contribution in [3.63, 3.8) is 0 Å². The molecular formula is C15H26B2O4. The largest absolute Gasteiger partial charge is 0.457 e. The Morgan fingerprint density at radius 3 is 2.48 bits per heavy atom. The van der Waals surface area contributed by atoms with E-state index >= 15 is 0 Å². The highest BCUT2D eigenvalue weighted by molar-refractivity contribution is 6.45. The van der Waals surface area contributed by atoms with Gasteiger partial charge in [-0.2, -0.15) is 0 Å². The highest BCUT2D eigenvalue weighted by atomic mass is 16.7. The van der Waals surface area contributed by atoms with E-state index in [1.165, 1.54) is 6.42 Å². The Morgan fingerprint density at radius 1 is 1.10 bits per heavy atom. The molecule has 2 aliphatic heterocycles. The summed E-state index contributed by atoms with van der Waals surface area (Å²) in [6, 6.07) is 0. The van der Waals surface area contributed by atoms with Crippen molar-refractivity contribution in [3.8, 4) is 0 Å². The van der Waals surface area contributed by atoms with Crippen LogP contribution in [-0.2, 0) is 18.6 Å².